The maximum Gasteiger partial charge on any atom is 0.261 e. The zero-order chi connectivity index (χ0) is 14.8. The standard InChI is InChI=1S/C13H8Cl2N2O2S/c14-11-5-2-6-12(13(11)15)17-20(18,19)10-4-1-3-9(7-10)8-16/h1-7,17H. The summed E-state index contributed by atoms with van der Waals surface area (Å²) in [5.74, 6) is 0. The molecule has 0 spiro atoms. The van der Waals surface area contributed by atoms with E-state index in [-0.39, 0.29) is 26.2 Å². The molecule has 0 saturated heterocycles. The summed E-state index contributed by atoms with van der Waals surface area (Å²) in [6, 6.07) is 12.2. The first-order valence-electron chi connectivity index (χ1n) is 5.41. The van der Waals surface area contributed by atoms with Crippen molar-refractivity contribution in [3.63, 3.8) is 0 Å². The van der Waals surface area contributed by atoms with Gasteiger partial charge in [0, 0.05) is 0 Å². The van der Waals surface area contributed by atoms with E-state index < -0.39 is 10.0 Å². The Balaban J connectivity index is 2.41. The minimum Gasteiger partial charge on any atom is -0.278 e. The van der Waals surface area contributed by atoms with Gasteiger partial charge < -0.3 is 0 Å². The van der Waals surface area contributed by atoms with Crippen molar-refractivity contribution in [3.05, 3.63) is 58.1 Å². The Kier molecular flexibility index (Phi) is 4.19. The molecule has 20 heavy (non-hydrogen) atoms. The lowest BCUT2D eigenvalue weighted by molar-refractivity contribution is 0.601. The largest absolute Gasteiger partial charge is 0.278 e. The highest BCUT2D eigenvalue weighted by Gasteiger charge is 2.17. The molecule has 0 aliphatic carbocycles. The van der Waals surface area contributed by atoms with Crippen LogP contribution in [0.15, 0.2) is 47.4 Å². The van der Waals surface area contributed by atoms with Crippen LogP contribution in [0.4, 0.5) is 5.69 Å². The topological polar surface area (TPSA) is 70.0 Å². The normalized spacial score (nSPS) is 10.8. The molecule has 2 rings (SSSR count). The Morgan fingerprint density at radius 2 is 1.80 bits per heavy atom. The van der Waals surface area contributed by atoms with Gasteiger partial charge in [-0.3, -0.25) is 4.72 Å². The average Bonchev–Trinajstić information content (AvgIpc) is 2.44. The van der Waals surface area contributed by atoms with Crippen molar-refractivity contribution < 1.29 is 8.42 Å². The van der Waals surface area contributed by atoms with Crippen LogP contribution in [0.2, 0.25) is 10.0 Å². The molecule has 4 nitrogen and oxygen atoms in total. The summed E-state index contributed by atoms with van der Waals surface area (Å²) in [7, 11) is -3.83. The first-order valence-corrected chi connectivity index (χ1v) is 7.65. The van der Waals surface area contributed by atoms with Crippen LogP contribution in [0.5, 0.6) is 0 Å². The Hall–Kier alpha value is -1.74. The van der Waals surface area contributed by atoms with Crippen molar-refractivity contribution in [3.8, 4) is 6.07 Å². The SMILES string of the molecule is N#Cc1cccc(S(=O)(=O)Nc2cccc(Cl)c2Cl)c1. The average molecular weight is 327 g/mol. The van der Waals surface area contributed by atoms with Crippen molar-refractivity contribution in [2.24, 2.45) is 0 Å². The monoisotopic (exact) mass is 326 g/mol. The molecule has 1 N–H and O–H groups in total. The molecule has 0 atom stereocenters. The van der Waals surface area contributed by atoms with Gasteiger partial charge in [0.25, 0.3) is 10.0 Å². The minimum absolute atomic E-state index is 0.0207. The zero-order valence-electron chi connectivity index (χ0n) is 9.97. The Bertz CT molecular complexity index is 798. The molecular formula is C13H8Cl2N2O2S. The van der Waals surface area contributed by atoms with Crippen molar-refractivity contribution in [1.82, 2.24) is 0 Å². The van der Waals surface area contributed by atoms with Gasteiger partial charge in [0.2, 0.25) is 0 Å². The van der Waals surface area contributed by atoms with Crippen LogP contribution in [0, 0.1) is 11.3 Å². The number of benzene rings is 2. The first kappa shape index (κ1) is 14.7. The van der Waals surface area contributed by atoms with Gasteiger partial charge in [-0.15, -0.1) is 0 Å². The van der Waals surface area contributed by atoms with E-state index in [0.29, 0.717) is 0 Å². The van der Waals surface area contributed by atoms with E-state index in [2.05, 4.69) is 4.72 Å². The molecule has 0 fully saturated rings. The van der Waals surface area contributed by atoms with Gasteiger partial charge in [-0.25, -0.2) is 8.42 Å². The molecule has 2 aromatic carbocycles. The molecule has 0 heterocycles. The van der Waals surface area contributed by atoms with E-state index >= 15 is 0 Å². The third-order valence-electron chi connectivity index (χ3n) is 2.47. The number of nitrogens with one attached hydrogen (secondary N) is 1. The fourth-order valence-corrected chi connectivity index (χ4v) is 3.04. The van der Waals surface area contributed by atoms with Gasteiger partial charge in [-0.1, -0.05) is 35.3 Å². The number of nitrogens with zero attached hydrogens (tertiary/aromatic N) is 1. The number of nitriles is 1. The second kappa shape index (κ2) is 5.71. The van der Waals surface area contributed by atoms with Crippen LogP contribution < -0.4 is 4.72 Å². The lowest BCUT2D eigenvalue weighted by atomic mass is 10.2. The molecule has 0 radical (unpaired) electrons. The zero-order valence-corrected chi connectivity index (χ0v) is 12.3. The Morgan fingerprint density at radius 1 is 1.10 bits per heavy atom. The van der Waals surface area contributed by atoms with E-state index in [1.807, 2.05) is 6.07 Å². The van der Waals surface area contributed by atoms with E-state index in [4.69, 9.17) is 28.5 Å². The van der Waals surface area contributed by atoms with Gasteiger partial charge in [-0.2, -0.15) is 5.26 Å². The Labute approximate surface area is 126 Å². The molecule has 0 saturated carbocycles. The number of sulfonamides is 1. The molecule has 0 amide bonds. The fraction of sp³-hybridized carbons (Fsp3) is 0. The molecule has 7 heteroatoms. The number of hydrogen-bond donors (Lipinski definition) is 1. The fourth-order valence-electron chi connectivity index (χ4n) is 1.52. The molecule has 0 aromatic heterocycles. The summed E-state index contributed by atoms with van der Waals surface area (Å²) in [6.45, 7) is 0. The number of rotatable bonds is 3. The molecule has 0 bridgehead atoms. The third kappa shape index (κ3) is 3.05. The van der Waals surface area contributed by atoms with E-state index in [1.54, 1.807) is 12.1 Å². The summed E-state index contributed by atoms with van der Waals surface area (Å²) in [6.07, 6.45) is 0. The summed E-state index contributed by atoms with van der Waals surface area (Å²) >= 11 is 11.8. The second-order valence-corrected chi connectivity index (χ2v) is 6.31. The first-order chi connectivity index (χ1) is 9.44. The highest BCUT2D eigenvalue weighted by atomic mass is 35.5. The third-order valence-corrected chi connectivity index (χ3v) is 4.65. The molecule has 102 valence electrons. The van der Waals surface area contributed by atoms with Crippen LogP contribution in [-0.2, 0) is 10.0 Å². The predicted molar refractivity (Wildman–Crippen MR) is 78.4 cm³/mol. The molecule has 0 unspecified atom stereocenters. The predicted octanol–water partition coefficient (Wildman–Crippen LogP) is 3.67. The quantitative estimate of drug-likeness (QED) is 0.935. The lowest BCUT2D eigenvalue weighted by Crippen LogP contribution is -2.13. The minimum atomic E-state index is -3.83. The van der Waals surface area contributed by atoms with Gasteiger partial charge in [0.1, 0.15) is 0 Å². The van der Waals surface area contributed by atoms with E-state index in [1.165, 1.54) is 30.3 Å². The smallest absolute Gasteiger partial charge is 0.261 e. The lowest BCUT2D eigenvalue weighted by Gasteiger charge is -2.10. The molecule has 0 aliphatic rings. The van der Waals surface area contributed by atoms with Gasteiger partial charge in [0.15, 0.2) is 0 Å². The highest BCUT2D eigenvalue weighted by Crippen LogP contribution is 2.31. The van der Waals surface area contributed by atoms with Crippen LogP contribution in [0.3, 0.4) is 0 Å². The number of halogens is 2. The molecule has 0 aliphatic heterocycles. The summed E-state index contributed by atoms with van der Waals surface area (Å²) in [5.41, 5.74) is 0.437. The van der Waals surface area contributed by atoms with Crippen LogP contribution in [0.1, 0.15) is 5.56 Å². The van der Waals surface area contributed by atoms with Gasteiger partial charge in [-0.05, 0) is 30.3 Å². The maximum absolute atomic E-state index is 12.2. The maximum atomic E-state index is 12.2. The van der Waals surface area contributed by atoms with Gasteiger partial charge in [0.05, 0.1) is 32.3 Å². The van der Waals surface area contributed by atoms with Crippen molar-refractivity contribution in [1.29, 1.82) is 5.26 Å². The van der Waals surface area contributed by atoms with Crippen LogP contribution >= 0.6 is 23.2 Å². The number of anilines is 1. The second-order valence-electron chi connectivity index (χ2n) is 3.85. The van der Waals surface area contributed by atoms with Crippen LogP contribution in [-0.4, -0.2) is 8.42 Å². The van der Waals surface area contributed by atoms with E-state index in [0.717, 1.165) is 0 Å². The summed E-state index contributed by atoms with van der Waals surface area (Å²) < 4.78 is 26.8. The molecular weight excluding hydrogens is 319 g/mol. The number of hydrogen-bond acceptors (Lipinski definition) is 3. The summed E-state index contributed by atoms with van der Waals surface area (Å²) in [4.78, 5) is -0.0207. The van der Waals surface area contributed by atoms with Crippen LogP contribution in [0.25, 0.3) is 0 Å². The summed E-state index contributed by atoms with van der Waals surface area (Å²) in [5, 5.41) is 9.16. The molecule has 2 aromatic rings. The van der Waals surface area contributed by atoms with Gasteiger partial charge >= 0.3 is 0 Å². The van der Waals surface area contributed by atoms with Crippen molar-refractivity contribution in [2.75, 3.05) is 4.72 Å². The van der Waals surface area contributed by atoms with E-state index in [9.17, 15) is 8.42 Å². The van der Waals surface area contributed by atoms with Crippen molar-refractivity contribution >= 4 is 38.9 Å². The van der Waals surface area contributed by atoms with Crippen molar-refractivity contribution in [2.45, 2.75) is 4.90 Å². The Morgan fingerprint density at radius 3 is 2.50 bits per heavy atom. The highest BCUT2D eigenvalue weighted by molar-refractivity contribution is 7.92.